The number of ether oxygens (including phenoxy) is 1. The standard InChI is InChI=1S/C15H17NOSi/c1-17-14-11-12(7-9-18(2,3)4)10-13-6-5-8-16-15(13)14/h5-6,8,10-11H,1-4H3. The average molecular weight is 255 g/mol. The Morgan fingerprint density at radius 2 is 2.00 bits per heavy atom. The van der Waals surface area contributed by atoms with Crippen molar-refractivity contribution in [3.8, 4) is 17.2 Å². The van der Waals surface area contributed by atoms with Crippen LogP contribution in [-0.4, -0.2) is 20.2 Å². The first kappa shape index (κ1) is 12.7. The van der Waals surface area contributed by atoms with Crippen LogP contribution in [0.4, 0.5) is 0 Å². The topological polar surface area (TPSA) is 22.1 Å². The number of fused-ring (bicyclic) bond motifs is 1. The maximum atomic E-state index is 5.38. The lowest BCUT2D eigenvalue weighted by Crippen LogP contribution is -2.16. The second-order valence-corrected chi connectivity index (χ2v) is 10.0. The van der Waals surface area contributed by atoms with Gasteiger partial charge in [0.25, 0.3) is 0 Å². The van der Waals surface area contributed by atoms with E-state index in [9.17, 15) is 0 Å². The van der Waals surface area contributed by atoms with Gasteiger partial charge in [0, 0.05) is 17.1 Å². The van der Waals surface area contributed by atoms with Gasteiger partial charge in [0.2, 0.25) is 0 Å². The molecule has 0 atom stereocenters. The summed E-state index contributed by atoms with van der Waals surface area (Å²) < 4.78 is 5.38. The molecule has 18 heavy (non-hydrogen) atoms. The molecule has 1 aromatic carbocycles. The molecule has 0 spiro atoms. The Morgan fingerprint density at radius 1 is 1.22 bits per heavy atom. The Labute approximate surface area is 109 Å². The number of hydrogen-bond acceptors (Lipinski definition) is 2. The molecule has 0 unspecified atom stereocenters. The SMILES string of the molecule is COc1cc(C#C[Si](C)(C)C)cc2cccnc12. The van der Waals surface area contributed by atoms with E-state index in [4.69, 9.17) is 4.74 Å². The number of aromatic nitrogens is 1. The number of rotatable bonds is 1. The molecule has 2 nitrogen and oxygen atoms in total. The van der Waals surface area contributed by atoms with Crippen LogP contribution < -0.4 is 4.74 Å². The normalized spacial score (nSPS) is 10.9. The lowest BCUT2D eigenvalue weighted by Gasteiger charge is -2.06. The largest absolute Gasteiger partial charge is 0.494 e. The van der Waals surface area contributed by atoms with Crippen molar-refractivity contribution < 1.29 is 4.74 Å². The summed E-state index contributed by atoms with van der Waals surface area (Å²) >= 11 is 0. The molecular formula is C15H17NOSi. The minimum Gasteiger partial charge on any atom is -0.494 e. The first-order chi connectivity index (χ1) is 8.49. The molecule has 3 heteroatoms. The summed E-state index contributed by atoms with van der Waals surface area (Å²) in [5.74, 6) is 4.04. The van der Waals surface area contributed by atoms with Crippen molar-refractivity contribution >= 4 is 19.0 Å². The van der Waals surface area contributed by atoms with Gasteiger partial charge < -0.3 is 4.74 Å². The summed E-state index contributed by atoms with van der Waals surface area (Å²) in [5, 5.41) is 1.07. The molecule has 2 rings (SSSR count). The Bertz CT molecular complexity index is 632. The molecule has 0 aliphatic carbocycles. The molecule has 0 aliphatic heterocycles. The van der Waals surface area contributed by atoms with Crippen molar-refractivity contribution in [2.75, 3.05) is 7.11 Å². The third-order valence-corrected chi connectivity index (χ3v) is 3.35. The second-order valence-electron chi connectivity index (χ2n) is 5.25. The van der Waals surface area contributed by atoms with Crippen LogP contribution in [-0.2, 0) is 0 Å². The summed E-state index contributed by atoms with van der Waals surface area (Å²) in [7, 11) is 0.313. The van der Waals surface area contributed by atoms with E-state index in [1.165, 1.54) is 0 Å². The highest BCUT2D eigenvalue weighted by atomic mass is 28.3. The highest BCUT2D eigenvalue weighted by Gasteiger charge is 2.08. The third kappa shape index (κ3) is 2.90. The zero-order chi connectivity index (χ0) is 13.2. The van der Waals surface area contributed by atoms with Crippen LogP contribution in [0.1, 0.15) is 5.56 Å². The van der Waals surface area contributed by atoms with Gasteiger partial charge in [-0.25, -0.2) is 0 Å². The van der Waals surface area contributed by atoms with E-state index >= 15 is 0 Å². The molecular weight excluding hydrogens is 238 g/mol. The van der Waals surface area contributed by atoms with Crippen LogP contribution in [0.5, 0.6) is 5.75 Å². The summed E-state index contributed by atoms with van der Waals surface area (Å²) in [5.41, 5.74) is 5.25. The Kier molecular flexibility index (Phi) is 3.40. The van der Waals surface area contributed by atoms with Crippen LogP contribution in [0, 0.1) is 11.5 Å². The lowest BCUT2D eigenvalue weighted by atomic mass is 10.1. The molecule has 0 radical (unpaired) electrons. The van der Waals surface area contributed by atoms with Gasteiger partial charge in [-0.1, -0.05) is 31.6 Å². The van der Waals surface area contributed by atoms with Gasteiger partial charge in [-0.05, 0) is 18.2 Å². The minimum atomic E-state index is -1.35. The fraction of sp³-hybridized carbons (Fsp3) is 0.267. The monoisotopic (exact) mass is 255 g/mol. The van der Waals surface area contributed by atoms with Crippen molar-refractivity contribution in [3.05, 3.63) is 36.0 Å². The van der Waals surface area contributed by atoms with Gasteiger partial charge in [-0.15, -0.1) is 5.54 Å². The first-order valence-corrected chi connectivity index (χ1v) is 9.45. The van der Waals surface area contributed by atoms with E-state index in [0.29, 0.717) is 0 Å². The fourth-order valence-corrected chi connectivity index (χ4v) is 2.17. The van der Waals surface area contributed by atoms with Gasteiger partial charge >= 0.3 is 0 Å². The van der Waals surface area contributed by atoms with E-state index in [1.807, 2.05) is 18.2 Å². The Hall–Kier alpha value is -1.79. The third-order valence-electron chi connectivity index (χ3n) is 2.47. The van der Waals surface area contributed by atoms with E-state index in [-0.39, 0.29) is 0 Å². The van der Waals surface area contributed by atoms with Gasteiger partial charge in [0.15, 0.2) is 0 Å². The van der Waals surface area contributed by atoms with Gasteiger partial charge in [0.1, 0.15) is 19.3 Å². The van der Waals surface area contributed by atoms with Crippen molar-refractivity contribution in [3.63, 3.8) is 0 Å². The molecule has 1 aromatic heterocycles. The lowest BCUT2D eigenvalue weighted by molar-refractivity contribution is 0.419. The molecule has 0 aliphatic rings. The van der Waals surface area contributed by atoms with Crippen molar-refractivity contribution in [1.29, 1.82) is 0 Å². The Balaban J connectivity index is 2.56. The number of pyridine rings is 1. The van der Waals surface area contributed by atoms with E-state index in [2.05, 4.69) is 42.2 Å². The van der Waals surface area contributed by atoms with Crippen LogP contribution in [0.3, 0.4) is 0 Å². The van der Waals surface area contributed by atoms with E-state index < -0.39 is 8.07 Å². The number of benzene rings is 1. The maximum Gasteiger partial charge on any atom is 0.146 e. The zero-order valence-electron chi connectivity index (χ0n) is 11.2. The highest BCUT2D eigenvalue weighted by Crippen LogP contribution is 2.24. The molecule has 2 aromatic rings. The summed E-state index contributed by atoms with van der Waals surface area (Å²) in [4.78, 5) is 4.34. The molecule has 0 fully saturated rings. The van der Waals surface area contributed by atoms with Crippen molar-refractivity contribution in [2.45, 2.75) is 19.6 Å². The quantitative estimate of drug-likeness (QED) is 0.575. The summed E-state index contributed by atoms with van der Waals surface area (Å²) in [6.45, 7) is 6.71. The number of methoxy groups -OCH3 is 1. The average Bonchev–Trinajstić information content (AvgIpc) is 2.34. The predicted octanol–water partition coefficient (Wildman–Crippen LogP) is 3.47. The molecule has 0 saturated heterocycles. The van der Waals surface area contributed by atoms with Crippen LogP contribution in [0.2, 0.25) is 19.6 Å². The van der Waals surface area contributed by atoms with E-state index in [0.717, 1.165) is 22.2 Å². The number of hydrogen-bond donors (Lipinski definition) is 0. The van der Waals surface area contributed by atoms with Crippen LogP contribution in [0.25, 0.3) is 10.9 Å². The maximum absolute atomic E-state index is 5.38. The van der Waals surface area contributed by atoms with Crippen LogP contribution >= 0.6 is 0 Å². The molecule has 0 N–H and O–H groups in total. The smallest absolute Gasteiger partial charge is 0.146 e. The Morgan fingerprint density at radius 3 is 2.67 bits per heavy atom. The van der Waals surface area contributed by atoms with Gasteiger partial charge in [0.05, 0.1) is 7.11 Å². The second kappa shape index (κ2) is 4.83. The predicted molar refractivity (Wildman–Crippen MR) is 78.5 cm³/mol. The molecule has 1 heterocycles. The summed E-state index contributed by atoms with van der Waals surface area (Å²) in [6, 6.07) is 7.99. The number of nitrogens with zero attached hydrogens (tertiary/aromatic N) is 1. The minimum absolute atomic E-state index is 0.785. The van der Waals surface area contributed by atoms with Crippen molar-refractivity contribution in [1.82, 2.24) is 4.98 Å². The molecule has 92 valence electrons. The fourth-order valence-electron chi connectivity index (χ4n) is 1.65. The van der Waals surface area contributed by atoms with Crippen LogP contribution in [0.15, 0.2) is 30.5 Å². The first-order valence-electron chi connectivity index (χ1n) is 5.95. The highest BCUT2D eigenvalue weighted by molar-refractivity contribution is 6.83. The van der Waals surface area contributed by atoms with E-state index in [1.54, 1.807) is 13.3 Å². The molecule has 0 amide bonds. The zero-order valence-corrected chi connectivity index (χ0v) is 12.2. The van der Waals surface area contributed by atoms with Gasteiger partial charge in [-0.2, -0.15) is 0 Å². The summed E-state index contributed by atoms with van der Waals surface area (Å²) in [6.07, 6.45) is 1.78. The van der Waals surface area contributed by atoms with Gasteiger partial charge in [-0.3, -0.25) is 4.98 Å². The molecule has 0 bridgehead atoms. The molecule has 0 saturated carbocycles. The van der Waals surface area contributed by atoms with Crippen molar-refractivity contribution in [2.24, 2.45) is 0 Å².